The van der Waals surface area contributed by atoms with Crippen LogP contribution in [-0.4, -0.2) is 63.6 Å². The van der Waals surface area contributed by atoms with Gasteiger partial charge in [-0.15, -0.1) is 0 Å². The van der Waals surface area contributed by atoms with Crippen molar-refractivity contribution in [2.24, 2.45) is 23.7 Å². The van der Waals surface area contributed by atoms with Crippen LogP contribution >= 0.6 is 0 Å². The van der Waals surface area contributed by atoms with Crippen LogP contribution in [0.25, 0.3) is 0 Å². The summed E-state index contributed by atoms with van der Waals surface area (Å²) in [6.45, 7) is 5.63. The zero-order chi connectivity index (χ0) is 21.9. The van der Waals surface area contributed by atoms with E-state index in [4.69, 9.17) is 18.9 Å². The van der Waals surface area contributed by atoms with E-state index in [2.05, 4.69) is 17.2 Å². The van der Waals surface area contributed by atoms with Gasteiger partial charge in [-0.05, 0) is 42.9 Å². The Balaban J connectivity index is 1.61. The van der Waals surface area contributed by atoms with Crippen LogP contribution in [0.1, 0.15) is 26.2 Å². The highest BCUT2D eigenvalue weighted by atomic mass is 16.6. The van der Waals surface area contributed by atoms with Crippen molar-refractivity contribution in [2.45, 2.75) is 26.2 Å². The molecule has 2 rings (SSSR count). The van der Waals surface area contributed by atoms with E-state index in [1.807, 2.05) is 0 Å². The number of hydrogen-bond acceptors (Lipinski definition) is 8. The molecule has 168 valence electrons. The molecule has 0 saturated heterocycles. The summed E-state index contributed by atoms with van der Waals surface area (Å²) >= 11 is 0. The van der Waals surface area contributed by atoms with Crippen molar-refractivity contribution in [3.8, 4) is 0 Å². The van der Waals surface area contributed by atoms with Gasteiger partial charge in [0.05, 0.1) is 0 Å². The number of ether oxygens (including phenoxy) is 4. The van der Waals surface area contributed by atoms with Gasteiger partial charge in [-0.25, -0.2) is 14.4 Å². The van der Waals surface area contributed by atoms with E-state index in [0.29, 0.717) is 36.8 Å². The van der Waals surface area contributed by atoms with Gasteiger partial charge in [-0.3, -0.25) is 4.79 Å². The number of carbonyl (C=O) groups excluding carboxylic acids is 4. The molecule has 4 atom stereocenters. The maximum atomic E-state index is 11.8. The van der Waals surface area contributed by atoms with Crippen LogP contribution in [0.5, 0.6) is 0 Å². The fraction of sp³-hybridized carbons (Fsp3) is 0.700. The summed E-state index contributed by atoms with van der Waals surface area (Å²) in [6, 6.07) is 0. The summed E-state index contributed by atoms with van der Waals surface area (Å²) in [5, 5.41) is 5.55. The van der Waals surface area contributed by atoms with Crippen molar-refractivity contribution in [1.82, 2.24) is 10.6 Å². The molecule has 0 aliphatic heterocycles. The molecule has 2 N–H and O–H groups in total. The van der Waals surface area contributed by atoms with Gasteiger partial charge in [0.25, 0.3) is 0 Å². The first-order chi connectivity index (χ1) is 14.4. The molecule has 10 nitrogen and oxygen atoms in total. The monoisotopic (exact) mass is 426 g/mol. The first kappa shape index (κ1) is 23.5. The van der Waals surface area contributed by atoms with Gasteiger partial charge in [-0.1, -0.05) is 6.58 Å². The average Bonchev–Trinajstić information content (AvgIpc) is 3.27. The third-order valence-corrected chi connectivity index (χ3v) is 5.58. The number of hydrogen-bond donors (Lipinski definition) is 2. The molecular weight excluding hydrogens is 396 g/mol. The quantitative estimate of drug-likeness (QED) is 0.219. The van der Waals surface area contributed by atoms with Crippen molar-refractivity contribution >= 4 is 24.1 Å². The molecule has 0 radical (unpaired) electrons. The number of fused-ring (bicyclic) bond motifs is 2. The highest BCUT2D eigenvalue weighted by Crippen LogP contribution is 2.52. The summed E-state index contributed by atoms with van der Waals surface area (Å²) in [5.74, 6) is 0.643. The molecule has 0 aromatic rings. The van der Waals surface area contributed by atoms with Crippen molar-refractivity contribution in [3.05, 3.63) is 12.7 Å². The van der Waals surface area contributed by atoms with E-state index in [9.17, 15) is 19.2 Å². The van der Waals surface area contributed by atoms with Gasteiger partial charge in [0.1, 0.15) is 26.4 Å². The molecule has 0 aromatic carbocycles. The van der Waals surface area contributed by atoms with E-state index in [-0.39, 0.29) is 26.4 Å². The Morgan fingerprint density at radius 1 is 0.900 bits per heavy atom. The molecule has 0 spiro atoms. The number of alkyl carbamates (subject to hydrolysis) is 2. The summed E-state index contributed by atoms with van der Waals surface area (Å²) in [6.07, 6.45) is 3.16. The summed E-state index contributed by atoms with van der Waals surface area (Å²) in [4.78, 5) is 45.1. The first-order valence-corrected chi connectivity index (χ1v) is 10.1. The van der Waals surface area contributed by atoms with E-state index in [1.165, 1.54) is 6.92 Å². The summed E-state index contributed by atoms with van der Waals surface area (Å²) in [5.41, 5.74) is 0. The van der Waals surface area contributed by atoms with Gasteiger partial charge in [0.2, 0.25) is 0 Å². The predicted molar refractivity (Wildman–Crippen MR) is 104 cm³/mol. The third kappa shape index (κ3) is 7.57. The zero-order valence-corrected chi connectivity index (χ0v) is 17.2. The van der Waals surface area contributed by atoms with Crippen LogP contribution in [0.3, 0.4) is 0 Å². The molecule has 2 fully saturated rings. The number of amides is 2. The minimum Gasteiger partial charge on any atom is -0.462 e. The molecule has 4 unspecified atom stereocenters. The summed E-state index contributed by atoms with van der Waals surface area (Å²) in [7, 11) is 0. The fourth-order valence-corrected chi connectivity index (χ4v) is 4.35. The number of esters is 2. The van der Waals surface area contributed by atoms with Gasteiger partial charge in [0, 0.05) is 26.1 Å². The maximum Gasteiger partial charge on any atom is 0.407 e. The Labute approximate surface area is 175 Å². The number of rotatable bonds is 11. The third-order valence-electron chi connectivity index (χ3n) is 5.58. The molecule has 10 heteroatoms. The lowest BCUT2D eigenvalue weighted by molar-refractivity contribution is -0.142. The predicted octanol–water partition coefficient (Wildman–Crippen LogP) is 1.39. The topological polar surface area (TPSA) is 129 Å². The smallest absolute Gasteiger partial charge is 0.407 e. The lowest BCUT2D eigenvalue weighted by atomic mass is 9.88. The van der Waals surface area contributed by atoms with Crippen LogP contribution in [0, 0.1) is 23.7 Å². The highest BCUT2D eigenvalue weighted by molar-refractivity contribution is 5.81. The Kier molecular flexibility index (Phi) is 9.43. The SMILES string of the molecule is C=CC(=O)OCCOC(=O)NCC1C2CCC1C(CNC(=O)OCCOC(C)=O)C2. The summed E-state index contributed by atoms with van der Waals surface area (Å²) < 4.78 is 19.4. The molecule has 0 heterocycles. The normalized spacial score (nSPS) is 23.9. The van der Waals surface area contributed by atoms with Crippen molar-refractivity contribution in [2.75, 3.05) is 39.5 Å². The molecule has 30 heavy (non-hydrogen) atoms. The second-order valence-corrected chi connectivity index (χ2v) is 7.41. The van der Waals surface area contributed by atoms with Gasteiger partial charge in [0.15, 0.2) is 0 Å². The molecule has 2 saturated carbocycles. The standard InChI is InChI=1S/C20H30N2O8/c1-3-18(24)28-7-9-30-20(26)22-12-17-14-4-5-16(17)15(10-14)11-21-19(25)29-8-6-27-13(2)23/h3,14-17H,1,4-12H2,2H3,(H,21,25)(H,22,26). The number of nitrogens with one attached hydrogen (secondary N) is 2. The lowest BCUT2D eigenvalue weighted by Gasteiger charge is -2.22. The van der Waals surface area contributed by atoms with Gasteiger partial charge >= 0.3 is 24.1 Å². The Hall–Kier alpha value is -2.78. The maximum absolute atomic E-state index is 11.8. The zero-order valence-electron chi connectivity index (χ0n) is 17.2. The van der Waals surface area contributed by atoms with Crippen molar-refractivity contribution in [1.29, 1.82) is 0 Å². The van der Waals surface area contributed by atoms with Crippen LogP contribution in [-0.2, 0) is 28.5 Å². The molecule has 2 amide bonds. The van der Waals surface area contributed by atoms with Gasteiger partial charge < -0.3 is 29.6 Å². The van der Waals surface area contributed by atoms with E-state index >= 15 is 0 Å². The fourth-order valence-electron chi connectivity index (χ4n) is 4.35. The molecular formula is C20H30N2O8. The first-order valence-electron chi connectivity index (χ1n) is 10.1. The van der Waals surface area contributed by atoms with E-state index in [0.717, 1.165) is 25.3 Å². The Morgan fingerprint density at radius 2 is 1.50 bits per heavy atom. The van der Waals surface area contributed by atoms with Crippen LogP contribution < -0.4 is 10.6 Å². The minimum atomic E-state index is -0.561. The second-order valence-electron chi connectivity index (χ2n) is 7.41. The van der Waals surface area contributed by atoms with E-state index < -0.39 is 24.1 Å². The Bertz CT molecular complexity index is 638. The largest absolute Gasteiger partial charge is 0.462 e. The minimum absolute atomic E-state index is 0.0162. The van der Waals surface area contributed by atoms with Crippen LogP contribution in [0.2, 0.25) is 0 Å². The van der Waals surface area contributed by atoms with Crippen LogP contribution in [0.4, 0.5) is 9.59 Å². The van der Waals surface area contributed by atoms with Crippen molar-refractivity contribution < 1.29 is 38.1 Å². The molecule has 2 bridgehead atoms. The van der Waals surface area contributed by atoms with Gasteiger partial charge in [-0.2, -0.15) is 0 Å². The average molecular weight is 426 g/mol. The molecule has 0 aromatic heterocycles. The molecule has 2 aliphatic rings. The lowest BCUT2D eigenvalue weighted by Crippen LogP contribution is -2.35. The second kappa shape index (κ2) is 12.0. The van der Waals surface area contributed by atoms with Crippen molar-refractivity contribution in [3.63, 3.8) is 0 Å². The Morgan fingerprint density at radius 3 is 2.13 bits per heavy atom. The van der Waals surface area contributed by atoms with E-state index in [1.54, 1.807) is 0 Å². The van der Waals surface area contributed by atoms with Crippen LogP contribution in [0.15, 0.2) is 12.7 Å². The molecule has 2 aliphatic carbocycles. The highest BCUT2D eigenvalue weighted by Gasteiger charge is 2.47. The number of carbonyl (C=O) groups is 4.